The van der Waals surface area contributed by atoms with E-state index in [9.17, 15) is 18.5 Å². The molecule has 0 atom stereocenters. The molecule has 0 saturated heterocycles. The number of halogens is 1. The van der Waals surface area contributed by atoms with Crippen LogP contribution in [0.15, 0.2) is 41.3 Å². The van der Waals surface area contributed by atoms with Gasteiger partial charge in [-0.1, -0.05) is 17.7 Å². The van der Waals surface area contributed by atoms with E-state index in [2.05, 4.69) is 4.72 Å². The molecule has 0 fully saturated rings. The molecule has 0 aliphatic rings. The Morgan fingerprint density at radius 1 is 1.09 bits per heavy atom. The Morgan fingerprint density at radius 2 is 1.77 bits per heavy atom. The lowest BCUT2D eigenvalue weighted by atomic mass is 10.2. The number of nitro benzene ring substituents is 1. The first-order valence-corrected chi connectivity index (χ1v) is 8.11. The summed E-state index contributed by atoms with van der Waals surface area (Å²) in [5, 5.41) is 11.4. The van der Waals surface area contributed by atoms with E-state index in [0.717, 1.165) is 11.6 Å². The van der Waals surface area contributed by atoms with Gasteiger partial charge in [0.15, 0.2) is 0 Å². The van der Waals surface area contributed by atoms with Crippen LogP contribution in [0.4, 0.5) is 11.4 Å². The molecule has 0 bridgehead atoms. The smallest absolute Gasteiger partial charge is 0.273 e. The number of aryl methyl sites for hydroxylation is 2. The third kappa shape index (κ3) is 3.37. The van der Waals surface area contributed by atoms with E-state index in [1.54, 1.807) is 26.0 Å². The highest BCUT2D eigenvalue weighted by atomic mass is 35.5. The first-order valence-electron chi connectivity index (χ1n) is 6.25. The van der Waals surface area contributed by atoms with Crippen molar-refractivity contribution in [3.05, 3.63) is 62.7 Å². The minimum Gasteiger partial charge on any atom is -0.280 e. The Labute approximate surface area is 132 Å². The molecule has 0 aromatic heterocycles. The van der Waals surface area contributed by atoms with Gasteiger partial charge < -0.3 is 0 Å². The van der Waals surface area contributed by atoms with Crippen LogP contribution in [-0.4, -0.2) is 13.3 Å². The summed E-state index contributed by atoms with van der Waals surface area (Å²) in [6.45, 7) is 3.29. The van der Waals surface area contributed by atoms with E-state index in [4.69, 9.17) is 11.6 Å². The summed E-state index contributed by atoms with van der Waals surface area (Å²) in [4.78, 5) is 10.1. The van der Waals surface area contributed by atoms with Crippen LogP contribution in [0.25, 0.3) is 0 Å². The summed E-state index contributed by atoms with van der Waals surface area (Å²) in [6, 6.07) is 8.46. The standard InChI is InChI=1S/C14H13ClN2O4S/c1-9-3-5-12(8-14(9)17(18)19)22(20,21)16-11-4-6-13(15)10(2)7-11/h3-8,16H,1-2H3. The van der Waals surface area contributed by atoms with Gasteiger partial charge in [-0.25, -0.2) is 8.42 Å². The van der Waals surface area contributed by atoms with E-state index in [-0.39, 0.29) is 10.6 Å². The number of sulfonamides is 1. The molecule has 0 spiro atoms. The Kier molecular flexibility index (Phi) is 4.39. The predicted molar refractivity (Wildman–Crippen MR) is 84.8 cm³/mol. The van der Waals surface area contributed by atoms with Crippen molar-refractivity contribution in [3.8, 4) is 0 Å². The fourth-order valence-electron chi connectivity index (χ4n) is 1.88. The minimum absolute atomic E-state index is 0.169. The van der Waals surface area contributed by atoms with Gasteiger partial charge in [-0.15, -0.1) is 0 Å². The Hall–Kier alpha value is -2.12. The van der Waals surface area contributed by atoms with Crippen LogP contribution in [0.2, 0.25) is 5.02 Å². The third-order valence-electron chi connectivity index (χ3n) is 3.10. The summed E-state index contributed by atoms with van der Waals surface area (Å²) < 4.78 is 27.0. The van der Waals surface area contributed by atoms with Gasteiger partial charge in [-0.2, -0.15) is 0 Å². The van der Waals surface area contributed by atoms with E-state index >= 15 is 0 Å². The van der Waals surface area contributed by atoms with Crippen LogP contribution < -0.4 is 4.72 Å². The number of hydrogen-bond acceptors (Lipinski definition) is 4. The second-order valence-electron chi connectivity index (χ2n) is 4.77. The third-order valence-corrected chi connectivity index (χ3v) is 4.90. The zero-order chi connectivity index (χ0) is 16.5. The Balaban J connectivity index is 2.40. The molecule has 0 saturated carbocycles. The van der Waals surface area contributed by atoms with Gasteiger partial charge >= 0.3 is 0 Å². The lowest BCUT2D eigenvalue weighted by Crippen LogP contribution is -2.13. The van der Waals surface area contributed by atoms with E-state index < -0.39 is 14.9 Å². The topological polar surface area (TPSA) is 89.3 Å². The normalized spacial score (nSPS) is 11.2. The molecule has 6 nitrogen and oxygen atoms in total. The van der Waals surface area contributed by atoms with Gasteiger partial charge in [0.1, 0.15) is 0 Å². The van der Waals surface area contributed by atoms with Crippen LogP contribution in [0.5, 0.6) is 0 Å². The second kappa shape index (κ2) is 5.94. The van der Waals surface area contributed by atoms with Crippen LogP contribution in [0.1, 0.15) is 11.1 Å². The minimum atomic E-state index is -3.91. The van der Waals surface area contributed by atoms with Crippen molar-refractivity contribution >= 4 is 33.0 Å². The number of nitrogens with zero attached hydrogens (tertiary/aromatic N) is 1. The summed E-state index contributed by atoms with van der Waals surface area (Å²) in [5.74, 6) is 0. The van der Waals surface area contributed by atoms with Gasteiger partial charge in [0.05, 0.1) is 9.82 Å². The van der Waals surface area contributed by atoms with Crippen molar-refractivity contribution in [2.75, 3.05) is 4.72 Å². The SMILES string of the molecule is Cc1cc(NS(=O)(=O)c2ccc(C)c([N+](=O)[O-])c2)ccc1Cl. The number of benzene rings is 2. The van der Waals surface area contributed by atoms with Crippen LogP contribution >= 0.6 is 11.6 Å². The summed E-state index contributed by atoms with van der Waals surface area (Å²) in [6.07, 6.45) is 0. The average Bonchev–Trinajstić information content (AvgIpc) is 2.42. The zero-order valence-corrected chi connectivity index (χ0v) is 13.4. The van der Waals surface area contributed by atoms with Gasteiger partial charge in [0.25, 0.3) is 15.7 Å². The van der Waals surface area contributed by atoms with Crippen molar-refractivity contribution in [1.82, 2.24) is 0 Å². The monoisotopic (exact) mass is 340 g/mol. The molecule has 2 aromatic rings. The number of rotatable bonds is 4. The van der Waals surface area contributed by atoms with Crippen molar-refractivity contribution < 1.29 is 13.3 Å². The molecule has 0 unspecified atom stereocenters. The molecule has 0 aliphatic carbocycles. The largest absolute Gasteiger partial charge is 0.280 e. The lowest BCUT2D eigenvalue weighted by molar-refractivity contribution is -0.385. The highest BCUT2D eigenvalue weighted by Crippen LogP contribution is 2.25. The maximum absolute atomic E-state index is 12.3. The maximum Gasteiger partial charge on any atom is 0.273 e. The molecule has 0 aliphatic heterocycles. The Morgan fingerprint density at radius 3 is 2.36 bits per heavy atom. The fraction of sp³-hybridized carbons (Fsp3) is 0.143. The maximum atomic E-state index is 12.3. The average molecular weight is 341 g/mol. The quantitative estimate of drug-likeness (QED) is 0.679. The lowest BCUT2D eigenvalue weighted by Gasteiger charge is -2.10. The first-order chi connectivity index (χ1) is 10.2. The number of anilines is 1. The van der Waals surface area contributed by atoms with Crippen LogP contribution in [0.3, 0.4) is 0 Å². The number of hydrogen-bond donors (Lipinski definition) is 1. The highest BCUT2D eigenvalue weighted by molar-refractivity contribution is 7.92. The van der Waals surface area contributed by atoms with Gasteiger partial charge in [0.2, 0.25) is 0 Å². The van der Waals surface area contributed by atoms with E-state index in [1.165, 1.54) is 18.2 Å². The molecule has 2 rings (SSSR count). The molecule has 0 radical (unpaired) electrons. The van der Waals surface area contributed by atoms with Crippen LogP contribution in [-0.2, 0) is 10.0 Å². The van der Waals surface area contributed by atoms with Crippen LogP contribution in [0, 0.1) is 24.0 Å². The molecular weight excluding hydrogens is 328 g/mol. The predicted octanol–water partition coefficient (Wildman–Crippen LogP) is 3.67. The first kappa shape index (κ1) is 16.3. The molecule has 8 heteroatoms. The molecule has 0 amide bonds. The van der Waals surface area contributed by atoms with Gasteiger partial charge in [-0.05, 0) is 43.7 Å². The number of nitrogens with one attached hydrogen (secondary N) is 1. The van der Waals surface area contributed by atoms with E-state index in [1.807, 2.05) is 0 Å². The van der Waals surface area contributed by atoms with E-state index in [0.29, 0.717) is 16.3 Å². The molecule has 0 heterocycles. The van der Waals surface area contributed by atoms with Crippen molar-refractivity contribution in [2.45, 2.75) is 18.7 Å². The fourth-order valence-corrected chi connectivity index (χ4v) is 3.06. The zero-order valence-electron chi connectivity index (χ0n) is 11.8. The molecule has 2 aromatic carbocycles. The summed E-state index contributed by atoms with van der Waals surface area (Å²) in [7, 11) is -3.91. The number of nitro groups is 1. The summed E-state index contributed by atoms with van der Waals surface area (Å²) >= 11 is 5.89. The molecule has 1 N–H and O–H groups in total. The summed E-state index contributed by atoms with van der Waals surface area (Å²) in [5.41, 5.74) is 1.21. The molecule has 116 valence electrons. The highest BCUT2D eigenvalue weighted by Gasteiger charge is 2.20. The second-order valence-corrected chi connectivity index (χ2v) is 6.86. The Bertz CT molecular complexity index is 850. The van der Waals surface area contributed by atoms with Crippen molar-refractivity contribution in [2.24, 2.45) is 0 Å². The molecule has 22 heavy (non-hydrogen) atoms. The van der Waals surface area contributed by atoms with Gasteiger partial charge in [-0.3, -0.25) is 14.8 Å². The van der Waals surface area contributed by atoms with Crippen molar-refractivity contribution in [3.63, 3.8) is 0 Å². The van der Waals surface area contributed by atoms with Crippen molar-refractivity contribution in [1.29, 1.82) is 0 Å². The van der Waals surface area contributed by atoms with Gasteiger partial charge in [0, 0.05) is 22.3 Å². The molecular formula is C14H13ClN2O4S.